The molecule has 23 heavy (non-hydrogen) atoms. The highest BCUT2D eigenvalue weighted by atomic mass is 32.1. The molecule has 2 amide bonds. The smallest absolute Gasteiger partial charge is 0.246 e. The fraction of sp³-hybridized carbons (Fsp3) is 0.667. The average Bonchev–Trinajstić information content (AvgIpc) is 3.16. The van der Waals surface area contributed by atoms with Crippen molar-refractivity contribution in [2.75, 3.05) is 26.3 Å². The standard InChI is InChI=1S/C15H24N4O3S/c1-3-16-15(21)12-7-11(18-13(20)10-22-4-2)8-19(12)9-14-17-5-6-23-14/h5-6,11-12H,3-4,7-10H2,1-2H3,(H,16,21)(H,18,20)/t11-,12-/m0/s1. The minimum atomic E-state index is -0.240. The van der Waals surface area contributed by atoms with Crippen LogP contribution in [0.25, 0.3) is 0 Å². The van der Waals surface area contributed by atoms with Gasteiger partial charge in [0, 0.05) is 37.3 Å². The summed E-state index contributed by atoms with van der Waals surface area (Å²) in [6.07, 6.45) is 2.37. The number of hydrogen-bond acceptors (Lipinski definition) is 6. The number of likely N-dealkylation sites (tertiary alicyclic amines) is 1. The van der Waals surface area contributed by atoms with Crippen LogP contribution in [-0.4, -0.2) is 60.1 Å². The van der Waals surface area contributed by atoms with Gasteiger partial charge in [-0.3, -0.25) is 14.5 Å². The maximum absolute atomic E-state index is 12.3. The van der Waals surface area contributed by atoms with Crippen molar-refractivity contribution in [3.63, 3.8) is 0 Å². The van der Waals surface area contributed by atoms with Gasteiger partial charge in [0.15, 0.2) is 0 Å². The highest BCUT2D eigenvalue weighted by Gasteiger charge is 2.37. The van der Waals surface area contributed by atoms with Gasteiger partial charge >= 0.3 is 0 Å². The number of aromatic nitrogens is 1. The summed E-state index contributed by atoms with van der Waals surface area (Å²) < 4.78 is 5.12. The molecule has 2 N–H and O–H groups in total. The van der Waals surface area contributed by atoms with E-state index in [4.69, 9.17) is 4.74 Å². The van der Waals surface area contributed by atoms with Crippen LogP contribution in [0.15, 0.2) is 11.6 Å². The van der Waals surface area contributed by atoms with Crippen molar-refractivity contribution >= 4 is 23.2 Å². The van der Waals surface area contributed by atoms with Crippen molar-refractivity contribution < 1.29 is 14.3 Å². The Kier molecular flexibility index (Phi) is 6.94. The molecule has 0 saturated carbocycles. The number of carbonyl (C=O) groups is 2. The Morgan fingerprint density at radius 1 is 1.48 bits per heavy atom. The number of hydrogen-bond donors (Lipinski definition) is 2. The minimum absolute atomic E-state index is 0.00520. The van der Waals surface area contributed by atoms with Crippen LogP contribution in [0.4, 0.5) is 0 Å². The molecule has 2 heterocycles. The van der Waals surface area contributed by atoms with Gasteiger partial charge in [-0.05, 0) is 20.3 Å². The first-order valence-electron chi connectivity index (χ1n) is 7.91. The van der Waals surface area contributed by atoms with E-state index in [1.54, 1.807) is 17.5 Å². The van der Waals surface area contributed by atoms with Crippen molar-refractivity contribution in [3.8, 4) is 0 Å². The van der Waals surface area contributed by atoms with Crippen molar-refractivity contribution in [1.82, 2.24) is 20.5 Å². The maximum atomic E-state index is 12.3. The molecule has 8 heteroatoms. The summed E-state index contributed by atoms with van der Waals surface area (Å²) >= 11 is 1.57. The van der Waals surface area contributed by atoms with Crippen molar-refractivity contribution in [2.24, 2.45) is 0 Å². The molecule has 1 saturated heterocycles. The number of ether oxygens (including phenoxy) is 1. The third-order valence-corrected chi connectivity index (χ3v) is 4.45. The van der Waals surface area contributed by atoms with Crippen molar-refractivity contribution in [2.45, 2.75) is 38.9 Å². The lowest BCUT2D eigenvalue weighted by atomic mass is 10.1. The molecule has 0 aromatic carbocycles. The molecule has 1 aliphatic rings. The maximum Gasteiger partial charge on any atom is 0.246 e. The molecule has 128 valence electrons. The molecular formula is C15H24N4O3S. The van der Waals surface area contributed by atoms with Gasteiger partial charge in [0.2, 0.25) is 11.8 Å². The average molecular weight is 340 g/mol. The minimum Gasteiger partial charge on any atom is -0.372 e. The molecule has 1 aliphatic heterocycles. The zero-order chi connectivity index (χ0) is 16.7. The number of nitrogens with one attached hydrogen (secondary N) is 2. The number of likely N-dealkylation sites (N-methyl/N-ethyl adjacent to an activating group) is 1. The van der Waals surface area contributed by atoms with E-state index in [0.29, 0.717) is 32.7 Å². The Hall–Kier alpha value is -1.51. The molecule has 2 atom stereocenters. The van der Waals surface area contributed by atoms with E-state index in [2.05, 4.69) is 20.5 Å². The summed E-state index contributed by atoms with van der Waals surface area (Å²) in [4.78, 5) is 30.5. The second-order valence-corrected chi connectivity index (χ2v) is 6.38. The molecule has 1 aromatic heterocycles. The molecule has 1 fully saturated rings. The van der Waals surface area contributed by atoms with Gasteiger partial charge < -0.3 is 15.4 Å². The molecule has 0 aliphatic carbocycles. The summed E-state index contributed by atoms with van der Waals surface area (Å²) in [6, 6.07) is -0.285. The lowest BCUT2D eigenvalue weighted by Gasteiger charge is -2.22. The third-order valence-electron chi connectivity index (χ3n) is 3.68. The molecular weight excluding hydrogens is 316 g/mol. The largest absolute Gasteiger partial charge is 0.372 e. The van der Waals surface area contributed by atoms with Crippen LogP contribution < -0.4 is 10.6 Å². The van der Waals surface area contributed by atoms with E-state index in [1.165, 1.54) is 0 Å². The Morgan fingerprint density at radius 2 is 2.30 bits per heavy atom. The quantitative estimate of drug-likeness (QED) is 0.715. The predicted octanol–water partition coefficient (Wildman–Crippen LogP) is 0.375. The second kappa shape index (κ2) is 8.95. The molecule has 1 aromatic rings. The predicted molar refractivity (Wildman–Crippen MR) is 88.0 cm³/mol. The van der Waals surface area contributed by atoms with E-state index in [1.807, 2.05) is 19.2 Å². The van der Waals surface area contributed by atoms with Crippen LogP contribution in [-0.2, 0) is 20.9 Å². The van der Waals surface area contributed by atoms with Crippen LogP contribution in [0.3, 0.4) is 0 Å². The first-order valence-corrected chi connectivity index (χ1v) is 8.79. The highest BCUT2D eigenvalue weighted by molar-refractivity contribution is 7.09. The molecule has 0 unspecified atom stereocenters. The fourth-order valence-corrected chi connectivity index (χ4v) is 3.36. The van der Waals surface area contributed by atoms with Crippen LogP contribution in [0.5, 0.6) is 0 Å². The number of nitrogens with zero attached hydrogens (tertiary/aromatic N) is 2. The van der Waals surface area contributed by atoms with Crippen LogP contribution >= 0.6 is 11.3 Å². The van der Waals surface area contributed by atoms with E-state index in [0.717, 1.165) is 5.01 Å². The third kappa shape index (κ3) is 5.26. The zero-order valence-electron chi connectivity index (χ0n) is 13.6. The first kappa shape index (κ1) is 17.8. The normalized spacial score (nSPS) is 21.3. The summed E-state index contributed by atoms with van der Waals surface area (Å²) in [5.41, 5.74) is 0. The Balaban J connectivity index is 1.96. The lowest BCUT2D eigenvalue weighted by molar-refractivity contribution is -0.127. The van der Waals surface area contributed by atoms with Gasteiger partial charge in [-0.2, -0.15) is 0 Å². The SMILES string of the molecule is CCNC(=O)[C@@H]1C[C@H](NC(=O)COCC)CN1Cc1nccs1. The summed E-state index contributed by atoms with van der Waals surface area (Å²) in [5.74, 6) is -0.131. The molecule has 0 radical (unpaired) electrons. The van der Waals surface area contributed by atoms with Crippen LogP contribution in [0.1, 0.15) is 25.3 Å². The summed E-state index contributed by atoms with van der Waals surface area (Å²) in [5, 5.41) is 8.72. The fourth-order valence-electron chi connectivity index (χ4n) is 2.72. The monoisotopic (exact) mass is 340 g/mol. The van der Waals surface area contributed by atoms with Gasteiger partial charge in [-0.25, -0.2) is 4.98 Å². The molecule has 0 bridgehead atoms. The summed E-state index contributed by atoms with van der Waals surface area (Å²) in [6.45, 7) is 6.18. The number of thiazole rings is 1. The van der Waals surface area contributed by atoms with Gasteiger partial charge in [0.25, 0.3) is 0 Å². The van der Waals surface area contributed by atoms with E-state index < -0.39 is 0 Å². The first-order chi connectivity index (χ1) is 11.1. The molecule has 7 nitrogen and oxygen atoms in total. The Morgan fingerprint density at radius 3 is 2.96 bits per heavy atom. The Bertz CT molecular complexity index is 509. The molecule has 0 spiro atoms. The van der Waals surface area contributed by atoms with Crippen molar-refractivity contribution in [3.05, 3.63) is 16.6 Å². The van der Waals surface area contributed by atoms with Crippen molar-refractivity contribution in [1.29, 1.82) is 0 Å². The number of carbonyl (C=O) groups excluding carboxylic acids is 2. The van der Waals surface area contributed by atoms with E-state index in [9.17, 15) is 9.59 Å². The topological polar surface area (TPSA) is 83.6 Å². The molecule has 2 rings (SSSR count). The van der Waals surface area contributed by atoms with Gasteiger partial charge in [-0.1, -0.05) is 0 Å². The van der Waals surface area contributed by atoms with Gasteiger partial charge in [0.1, 0.15) is 11.6 Å². The zero-order valence-corrected chi connectivity index (χ0v) is 14.4. The highest BCUT2D eigenvalue weighted by Crippen LogP contribution is 2.21. The lowest BCUT2D eigenvalue weighted by Crippen LogP contribution is -2.42. The van der Waals surface area contributed by atoms with Gasteiger partial charge in [-0.15, -0.1) is 11.3 Å². The van der Waals surface area contributed by atoms with Crippen LogP contribution in [0, 0.1) is 0 Å². The number of rotatable bonds is 8. The van der Waals surface area contributed by atoms with E-state index in [-0.39, 0.29) is 30.5 Å². The van der Waals surface area contributed by atoms with E-state index >= 15 is 0 Å². The summed E-state index contributed by atoms with van der Waals surface area (Å²) in [7, 11) is 0. The Labute approximate surface area is 140 Å². The van der Waals surface area contributed by atoms with Crippen LogP contribution in [0.2, 0.25) is 0 Å². The second-order valence-electron chi connectivity index (χ2n) is 5.40. The van der Waals surface area contributed by atoms with Gasteiger partial charge in [0.05, 0.1) is 12.6 Å². The number of amides is 2.